The number of aryl methyl sites for hydroxylation is 1. The van der Waals surface area contributed by atoms with Gasteiger partial charge in [-0.3, -0.25) is 4.98 Å². The summed E-state index contributed by atoms with van der Waals surface area (Å²) in [6.07, 6.45) is 2.62. The smallest absolute Gasteiger partial charge is 0.328 e. The van der Waals surface area contributed by atoms with Crippen molar-refractivity contribution < 1.29 is 9.53 Å². The molecular weight excluding hydrogens is 192 g/mol. The van der Waals surface area contributed by atoms with E-state index in [4.69, 9.17) is 4.74 Å². The summed E-state index contributed by atoms with van der Waals surface area (Å²) in [5.41, 5.74) is 1.98. The molecule has 1 fully saturated rings. The fourth-order valence-corrected chi connectivity index (χ4v) is 1.84. The number of carbonyl (C=O) groups is 1. The molecule has 0 bridgehead atoms. The van der Waals surface area contributed by atoms with Gasteiger partial charge in [0.1, 0.15) is 6.04 Å². The highest BCUT2D eigenvalue weighted by Gasteiger charge is 2.35. The molecule has 0 spiro atoms. The normalized spacial score (nSPS) is 19.6. The average Bonchev–Trinajstić information content (AvgIpc) is 2.19. The topological polar surface area (TPSA) is 42.4 Å². The summed E-state index contributed by atoms with van der Waals surface area (Å²) in [6, 6.07) is 3.74. The van der Waals surface area contributed by atoms with Crippen LogP contribution in [0, 0.1) is 6.92 Å². The van der Waals surface area contributed by atoms with Crippen molar-refractivity contribution in [2.24, 2.45) is 0 Å². The number of carbonyl (C=O) groups excluding carboxylic acids is 1. The minimum atomic E-state index is -0.162. The molecule has 4 nitrogen and oxygen atoms in total. The molecule has 2 rings (SSSR count). The number of aromatic nitrogens is 1. The highest BCUT2D eigenvalue weighted by Crippen LogP contribution is 2.28. The number of esters is 1. The van der Waals surface area contributed by atoms with Crippen LogP contribution >= 0.6 is 0 Å². The lowest BCUT2D eigenvalue weighted by Crippen LogP contribution is -2.53. The van der Waals surface area contributed by atoms with Gasteiger partial charge in [0.25, 0.3) is 0 Å². The minimum absolute atomic E-state index is 0.127. The predicted molar refractivity (Wildman–Crippen MR) is 56.7 cm³/mol. The molecule has 0 radical (unpaired) electrons. The molecule has 0 N–H and O–H groups in total. The number of methoxy groups -OCH3 is 1. The Balaban J connectivity index is 2.19. The molecule has 80 valence electrons. The quantitative estimate of drug-likeness (QED) is 0.680. The Labute approximate surface area is 88.9 Å². The standard InChI is InChI=1S/C11H14N2O2/c1-8-9(4-3-6-12-8)13-7-5-10(13)11(14)15-2/h3-4,6,10H,5,7H2,1-2H3. The third-order valence-electron chi connectivity index (χ3n) is 2.78. The molecule has 0 aromatic carbocycles. The van der Waals surface area contributed by atoms with E-state index in [9.17, 15) is 4.79 Å². The first kappa shape index (κ1) is 9.96. The summed E-state index contributed by atoms with van der Waals surface area (Å²) >= 11 is 0. The Kier molecular flexibility index (Phi) is 2.58. The number of nitrogens with zero attached hydrogens (tertiary/aromatic N) is 2. The molecule has 0 aliphatic carbocycles. The first-order chi connectivity index (χ1) is 7.24. The zero-order valence-electron chi connectivity index (χ0n) is 8.93. The zero-order valence-corrected chi connectivity index (χ0v) is 8.93. The maximum absolute atomic E-state index is 11.4. The summed E-state index contributed by atoms with van der Waals surface area (Å²) < 4.78 is 4.74. The largest absolute Gasteiger partial charge is 0.467 e. The Bertz CT molecular complexity index is 379. The van der Waals surface area contributed by atoms with E-state index in [0.717, 1.165) is 24.3 Å². The molecule has 1 aromatic heterocycles. The molecule has 1 aromatic rings. The van der Waals surface area contributed by atoms with Crippen LogP contribution in [0.15, 0.2) is 18.3 Å². The molecule has 1 unspecified atom stereocenters. The minimum Gasteiger partial charge on any atom is -0.467 e. The Hall–Kier alpha value is -1.58. The third-order valence-corrected chi connectivity index (χ3v) is 2.78. The van der Waals surface area contributed by atoms with Crippen molar-refractivity contribution in [1.29, 1.82) is 0 Å². The number of rotatable bonds is 2. The lowest BCUT2D eigenvalue weighted by atomic mass is 10.0. The Morgan fingerprint density at radius 3 is 3.00 bits per heavy atom. The van der Waals surface area contributed by atoms with Gasteiger partial charge >= 0.3 is 5.97 Å². The molecule has 2 heterocycles. The van der Waals surface area contributed by atoms with Crippen LogP contribution in [0.1, 0.15) is 12.1 Å². The van der Waals surface area contributed by atoms with E-state index in [1.165, 1.54) is 7.11 Å². The van der Waals surface area contributed by atoms with E-state index in [0.29, 0.717) is 0 Å². The van der Waals surface area contributed by atoms with Crippen LogP contribution in [0.5, 0.6) is 0 Å². The first-order valence-corrected chi connectivity index (χ1v) is 5.00. The van der Waals surface area contributed by atoms with Gasteiger partial charge < -0.3 is 9.64 Å². The molecule has 1 aliphatic heterocycles. The van der Waals surface area contributed by atoms with Gasteiger partial charge in [-0.05, 0) is 25.5 Å². The summed E-state index contributed by atoms with van der Waals surface area (Å²) in [4.78, 5) is 17.6. The summed E-state index contributed by atoms with van der Waals surface area (Å²) in [6.45, 7) is 2.84. The zero-order chi connectivity index (χ0) is 10.8. The van der Waals surface area contributed by atoms with E-state index in [1.54, 1.807) is 6.20 Å². The van der Waals surface area contributed by atoms with Crippen LogP contribution in [0.3, 0.4) is 0 Å². The van der Waals surface area contributed by atoms with Crippen molar-refractivity contribution in [3.63, 3.8) is 0 Å². The van der Waals surface area contributed by atoms with Gasteiger partial charge in [-0.25, -0.2) is 4.79 Å². The third kappa shape index (κ3) is 1.67. The van der Waals surface area contributed by atoms with Crippen molar-refractivity contribution in [3.05, 3.63) is 24.0 Å². The highest BCUT2D eigenvalue weighted by molar-refractivity contribution is 5.82. The highest BCUT2D eigenvalue weighted by atomic mass is 16.5. The second-order valence-corrected chi connectivity index (χ2v) is 3.63. The van der Waals surface area contributed by atoms with Gasteiger partial charge in [-0.1, -0.05) is 0 Å². The summed E-state index contributed by atoms with van der Waals surface area (Å²) in [7, 11) is 1.43. The molecule has 0 amide bonds. The monoisotopic (exact) mass is 206 g/mol. The number of ether oxygens (including phenoxy) is 1. The van der Waals surface area contributed by atoms with Crippen molar-refractivity contribution >= 4 is 11.7 Å². The van der Waals surface area contributed by atoms with Gasteiger partial charge in [0.2, 0.25) is 0 Å². The van der Waals surface area contributed by atoms with Crippen LogP contribution < -0.4 is 4.90 Å². The van der Waals surface area contributed by atoms with E-state index in [2.05, 4.69) is 4.98 Å². The molecule has 15 heavy (non-hydrogen) atoms. The predicted octanol–water partition coefficient (Wildman–Crippen LogP) is 1.14. The van der Waals surface area contributed by atoms with E-state index >= 15 is 0 Å². The van der Waals surface area contributed by atoms with Crippen LogP contribution in [0.4, 0.5) is 5.69 Å². The maximum atomic E-state index is 11.4. The molecule has 1 atom stereocenters. The number of pyridine rings is 1. The number of hydrogen-bond acceptors (Lipinski definition) is 4. The lowest BCUT2D eigenvalue weighted by molar-refractivity contribution is -0.143. The molecule has 1 saturated heterocycles. The van der Waals surface area contributed by atoms with Crippen molar-refractivity contribution in [2.75, 3.05) is 18.6 Å². The molecular formula is C11H14N2O2. The van der Waals surface area contributed by atoms with Crippen molar-refractivity contribution in [2.45, 2.75) is 19.4 Å². The molecule has 0 saturated carbocycles. The van der Waals surface area contributed by atoms with Gasteiger partial charge in [0.05, 0.1) is 18.5 Å². The van der Waals surface area contributed by atoms with Gasteiger partial charge in [-0.15, -0.1) is 0 Å². The summed E-state index contributed by atoms with van der Waals surface area (Å²) in [5.74, 6) is -0.162. The summed E-state index contributed by atoms with van der Waals surface area (Å²) in [5, 5.41) is 0. The maximum Gasteiger partial charge on any atom is 0.328 e. The number of hydrogen-bond donors (Lipinski definition) is 0. The van der Waals surface area contributed by atoms with E-state index in [1.807, 2.05) is 24.0 Å². The Morgan fingerprint density at radius 1 is 1.67 bits per heavy atom. The van der Waals surface area contributed by atoms with Crippen molar-refractivity contribution in [3.8, 4) is 0 Å². The fraction of sp³-hybridized carbons (Fsp3) is 0.455. The van der Waals surface area contributed by atoms with Gasteiger partial charge in [0.15, 0.2) is 0 Å². The second-order valence-electron chi connectivity index (χ2n) is 3.63. The fourth-order valence-electron chi connectivity index (χ4n) is 1.84. The SMILES string of the molecule is COC(=O)C1CCN1c1cccnc1C. The number of anilines is 1. The van der Waals surface area contributed by atoms with Gasteiger partial charge in [-0.2, -0.15) is 0 Å². The first-order valence-electron chi connectivity index (χ1n) is 5.00. The Morgan fingerprint density at radius 2 is 2.47 bits per heavy atom. The van der Waals surface area contributed by atoms with Crippen LogP contribution in [0.2, 0.25) is 0 Å². The van der Waals surface area contributed by atoms with E-state index < -0.39 is 0 Å². The van der Waals surface area contributed by atoms with Crippen LogP contribution in [-0.4, -0.2) is 30.6 Å². The molecule has 1 aliphatic rings. The van der Waals surface area contributed by atoms with Crippen LogP contribution in [0.25, 0.3) is 0 Å². The van der Waals surface area contributed by atoms with Gasteiger partial charge in [0, 0.05) is 12.7 Å². The van der Waals surface area contributed by atoms with Crippen LogP contribution in [-0.2, 0) is 9.53 Å². The second kappa shape index (κ2) is 3.88. The van der Waals surface area contributed by atoms with E-state index in [-0.39, 0.29) is 12.0 Å². The average molecular weight is 206 g/mol. The van der Waals surface area contributed by atoms with Crippen molar-refractivity contribution in [1.82, 2.24) is 4.98 Å². The molecule has 4 heteroatoms. The lowest BCUT2D eigenvalue weighted by Gasteiger charge is -2.41.